The predicted molar refractivity (Wildman–Crippen MR) is 386 cm³/mol. The third kappa shape index (κ3) is 21.0. The van der Waals surface area contributed by atoms with Crippen LogP contribution in [-0.4, -0.2) is 163 Å². The topological polar surface area (TPSA) is 206 Å². The first-order chi connectivity index (χ1) is 50.5. The third-order valence-corrected chi connectivity index (χ3v) is 19.2. The zero-order chi connectivity index (χ0) is 72.4. The fourth-order valence-corrected chi connectivity index (χ4v) is 13.6. The van der Waals surface area contributed by atoms with Gasteiger partial charge in [0.1, 0.15) is 85.4 Å². The van der Waals surface area contributed by atoms with E-state index < -0.39 is 138 Å². The summed E-state index contributed by atoms with van der Waals surface area (Å²) < 4.78 is 118. The Morgan fingerprint density at radius 2 is 0.837 bits per heavy atom. The van der Waals surface area contributed by atoms with Crippen LogP contribution in [-0.2, 0) is 132 Å². The number of halogens is 3. The minimum atomic E-state index is -2.54. The number of ether oxygens (including phenoxy) is 17. The van der Waals surface area contributed by atoms with Crippen LogP contribution in [0.2, 0.25) is 0 Å². The van der Waals surface area contributed by atoms with Crippen molar-refractivity contribution >= 4 is 40.7 Å². The summed E-state index contributed by atoms with van der Waals surface area (Å²) in [5, 5.41) is 15.5. The number of amides is 1. The molecule has 2 N–H and O–H groups in total. The number of aliphatic hydroxyl groups is 1. The van der Waals surface area contributed by atoms with E-state index in [-0.39, 0.29) is 66.1 Å². The van der Waals surface area contributed by atoms with Crippen molar-refractivity contribution in [1.82, 2.24) is 5.32 Å². The average Bonchev–Trinajstić information content (AvgIpc) is 0.758. The predicted octanol–water partition coefficient (Wildman–Crippen LogP) is 12.4. The second-order valence-corrected chi connectivity index (χ2v) is 29.1. The maximum Gasteiger partial charge on any atom is 0.272 e. The summed E-state index contributed by atoms with van der Waals surface area (Å²) in [6.45, 7) is 11.8. The molecule has 5 saturated heterocycles. The summed E-state index contributed by atoms with van der Waals surface area (Å²) in [6.07, 6.45) is -20.8. The molecule has 556 valence electrons. The Morgan fingerprint density at radius 1 is 0.471 bits per heavy atom. The fraction of sp³-hybridized carbons (Fsp3) is 0.444. The lowest BCUT2D eigenvalue weighted by Crippen LogP contribution is -2.71. The van der Waals surface area contributed by atoms with Gasteiger partial charge in [0, 0.05) is 0 Å². The maximum atomic E-state index is 14.2. The van der Waals surface area contributed by atoms with Crippen LogP contribution in [0.4, 0.5) is 0 Å². The van der Waals surface area contributed by atoms with Crippen molar-refractivity contribution in [2.75, 3.05) is 19.8 Å². The first-order valence-electron chi connectivity index (χ1n) is 35.3. The Balaban J connectivity index is 1.01. The van der Waals surface area contributed by atoms with E-state index in [4.69, 9.17) is 115 Å². The second kappa shape index (κ2) is 37.6. The molecular formula is C81H92Cl3NO19. The SMILES string of the molecule is C=CCO[C@@H]1O[C@@H](C)[C@H](OCc2ccccc2)[C@@H](OCc2ccccc2)[C@H]1O[C@@H]1O[C@@H](C)[C@H](OCc2ccccc2)[C@@H](O[C@H]2O[C@H](COCc3ccccc3)[C@@H](OCc3ccccc3)[C@H](OCc3ccccc3)[C@H]2OCc2ccccc2)[C@H]1O[C@@H]1O[C@@H]2COC(C)(C)O[C@H]2[C@H](O)[C@H]1NC(=O)C(Cl)(Cl)Cl. The molecular weight excluding hydrogens is 1400 g/mol. The standard InChI is InChI=1S/C81H92Cl3NO19/c1-6-42-89-76-73(69(93-47-58-36-22-11-23-37-58)65(52(2)97-76)90-44-55-30-16-8-17-31-55)103-78-74(102-75-63(85-79(87)81(82,83)84)64(86)67-62(99-75)51-96-80(4,5)104-67)71(66(53(3)98-78)91-45-56-32-18-9-19-33-56)101-77-72(95-49-60-40-26-13-27-41-60)70(94-48-59-38-24-12-25-39-59)68(92-46-57-34-20-10-21-35-57)61(100-77)50-88-43-54-28-14-7-15-29-54/h6-41,52-53,61-78,86H,1,42-51H2,2-5H3,(H,85,87)/t52-,53-,61+,62+,63+,64+,65-,66-,67+,68+,69+,70-,71+,72+,73+,74+,75-,76+,77+,78-/m0/s1. The molecule has 0 saturated carbocycles. The van der Waals surface area contributed by atoms with Crippen LogP contribution in [0.3, 0.4) is 0 Å². The van der Waals surface area contributed by atoms with Gasteiger partial charge in [-0.05, 0) is 66.6 Å². The number of carbonyl (C=O) groups is 1. The van der Waals surface area contributed by atoms with Gasteiger partial charge in [0.05, 0.1) is 78.3 Å². The van der Waals surface area contributed by atoms with Crippen molar-refractivity contribution in [2.24, 2.45) is 0 Å². The Morgan fingerprint density at radius 3 is 1.29 bits per heavy atom. The molecule has 1 amide bonds. The van der Waals surface area contributed by atoms with Gasteiger partial charge in [-0.1, -0.05) is 253 Å². The number of carbonyl (C=O) groups excluding carboxylic acids is 1. The normalized spacial score (nSPS) is 30.6. The number of nitrogens with one attached hydrogen (secondary N) is 1. The largest absolute Gasteiger partial charge is 0.388 e. The van der Waals surface area contributed by atoms with Crippen molar-refractivity contribution in [1.29, 1.82) is 0 Å². The van der Waals surface area contributed by atoms with E-state index >= 15 is 0 Å². The smallest absolute Gasteiger partial charge is 0.272 e. The molecule has 0 bridgehead atoms. The number of benzene rings is 7. The Hall–Kier alpha value is -6.10. The lowest BCUT2D eigenvalue weighted by atomic mass is 9.94. The van der Waals surface area contributed by atoms with Gasteiger partial charge in [-0.25, -0.2) is 0 Å². The van der Waals surface area contributed by atoms with E-state index in [9.17, 15) is 9.90 Å². The molecule has 5 heterocycles. The van der Waals surface area contributed by atoms with Crippen molar-refractivity contribution in [3.8, 4) is 0 Å². The number of fused-ring (bicyclic) bond motifs is 1. The highest BCUT2D eigenvalue weighted by molar-refractivity contribution is 6.76. The Labute approximate surface area is 623 Å². The minimum Gasteiger partial charge on any atom is -0.388 e. The zero-order valence-electron chi connectivity index (χ0n) is 58.5. The number of aliphatic hydroxyl groups excluding tert-OH is 1. The molecule has 5 fully saturated rings. The van der Waals surface area contributed by atoms with Crippen LogP contribution in [0, 0.1) is 0 Å². The van der Waals surface area contributed by atoms with Crippen LogP contribution in [0.5, 0.6) is 0 Å². The maximum absolute atomic E-state index is 14.2. The number of alkyl halides is 3. The van der Waals surface area contributed by atoms with Gasteiger partial charge in [-0.2, -0.15) is 0 Å². The third-order valence-electron chi connectivity index (χ3n) is 18.6. The highest BCUT2D eigenvalue weighted by Gasteiger charge is 2.60. The first kappa shape index (κ1) is 77.5. The second-order valence-electron chi connectivity index (χ2n) is 26.8. The molecule has 0 aromatic heterocycles. The number of rotatable bonds is 32. The highest BCUT2D eigenvalue weighted by atomic mass is 35.6. The molecule has 0 radical (unpaired) electrons. The summed E-state index contributed by atoms with van der Waals surface area (Å²) in [5.74, 6) is -2.32. The Bertz CT molecular complexity index is 3680. The van der Waals surface area contributed by atoms with Crippen LogP contribution in [0.15, 0.2) is 225 Å². The van der Waals surface area contributed by atoms with Gasteiger partial charge in [0.25, 0.3) is 9.70 Å². The fourth-order valence-electron chi connectivity index (χ4n) is 13.4. The van der Waals surface area contributed by atoms with Crippen molar-refractivity contribution in [2.45, 2.75) is 206 Å². The molecule has 7 aromatic rings. The minimum absolute atomic E-state index is 0.0201. The van der Waals surface area contributed by atoms with Gasteiger partial charge in [0.15, 0.2) is 30.9 Å². The summed E-state index contributed by atoms with van der Waals surface area (Å²) in [5.41, 5.74) is 6.11. The number of hydrogen-bond acceptors (Lipinski definition) is 19. The summed E-state index contributed by atoms with van der Waals surface area (Å²) >= 11 is 19.1. The first-order valence-corrected chi connectivity index (χ1v) is 36.4. The van der Waals surface area contributed by atoms with Crippen LogP contribution in [0.25, 0.3) is 0 Å². The molecule has 5 aliphatic heterocycles. The summed E-state index contributed by atoms with van der Waals surface area (Å²) in [4.78, 5) is 14.2. The quantitative estimate of drug-likeness (QED) is 0.0297. The van der Waals surface area contributed by atoms with Crippen LogP contribution >= 0.6 is 34.8 Å². The highest BCUT2D eigenvalue weighted by Crippen LogP contribution is 2.42. The lowest BCUT2D eigenvalue weighted by molar-refractivity contribution is -0.417. The van der Waals surface area contributed by atoms with Gasteiger partial charge in [-0.3, -0.25) is 4.79 Å². The molecule has 104 heavy (non-hydrogen) atoms. The van der Waals surface area contributed by atoms with E-state index in [2.05, 4.69) is 11.9 Å². The molecule has 5 aliphatic rings. The monoisotopic (exact) mass is 1490 g/mol. The van der Waals surface area contributed by atoms with E-state index in [0.717, 1.165) is 38.9 Å². The lowest BCUT2D eigenvalue weighted by Gasteiger charge is -2.53. The summed E-state index contributed by atoms with van der Waals surface area (Å²) in [6, 6.07) is 66.7. The average molecular weight is 1490 g/mol. The molecule has 20 atom stereocenters. The Kier molecular flexibility index (Phi) is 28.0. The van der Waals surface area contributed by atoms with E-state index in [0.29, 0.717) is 0 Å². The van der Waals surface area contributed by atoms with Crippen LogP contribution < -0.4 is 5.32 Å². The number of hydrogen-bond donors (Lipinski definition) is 2. The van der Waals surface area contributed by atoms with Crippen molar-refractivity contribution < 1.29 is 90.4 Å². The molecule has 0 aliphatic carbocycles. The molecule has 12 rings (SSSR count). The molecule has 0 unspecified atom stereocenters. The van der Waals surface area contributed by atoms with Crippen molar-refractivity contribution in [3.63, 3.8) is 0 Å². The van der Waals surface area contributed by atoms with Gasteiger partial charge in [0.2, 0.25) is 0 Å². The van der Waals surface area contributed by atoms with E-state index in [1.807, 2.05) is 226 Å². The van der Waals surface area contributed by atoms with Crippen molar-refractivity contribution in [3.05, 3.63) is 264 Å². The molecule has 0 spiro atoms. The van der Waals surface area contributed by atoms with Gasteiger partial charge < -0.3 is 90.9 Å². The van der Waals surface area contributed by atoms with Gasteiger partial charge >= 0.3 is 0 Å². The molecule has 20 nitrogen and oxygen atoms in total. The zero-order valence-corrected chi connectivity index (χ0v) is 60.8. The van der Waals surface area contributed by atoms with Gasteiger partial charge in [-0.15, -0.1) is 6.58 Å². The van der Waals surface area contributed by atoms with E-state index in [1.165, 1.54) is 0 Å². The molecule has 7 aromatic carbocycles. The van der Waals surface area contributed by atoms with E-state index in [1.54, 1.807) is 19.9 Å². The summed E-state index contributed by atoms with van der Waals surface area (Å²) in [7, 11) is 0. The van der Waals surface area contributed by atoms with Crippen LogP contribution in [0.1, 0.15) is 66.6 Å². The molecule has 23 heteroatoms.